The van der Waals surface area contributed by atoms with Crippen LogP contribution in [-0.2, 0) is 6.42 Å². The smallest absolute Gasteiger partial charge is 0.145 e. The molecule has 22 heavy (non-hydrogen) atoms. The van der Waals surface area contributed by atoms with E-state index in [0.717, 1.165) is 39.0 Å². The van der Waals surface area contributed by atoms with E-state index in [9.17, 15) is 4.39 Å². The lowest BCUT2D eigenvalue weighted by Gasteiger charge is -2.11. The molecule has 3 nitrogen and oxygen atoms in total. The van der Waals surface area contributed by atoms with Gasteiger partial charge in [-0.3, -0.25) is 0 Å². The minimum atomic E-state index is -0.216. The summed E-state index contributed by atoms with van der Waals surface area (Å²) >= 11 is 0. The summed E-state index contributed by atoms with van der Waals surface area (Å²) in [5, 5.41) is 0.911. The molecule has 0 N–H and O–H groups in total. The van der Waals surface area contributed by atoms with Gasteiger partial charge in [-0.25, -0.2) is 9.37 Å². The topological polar surface area (TPSA) is 31.4 Å². The zero-order chi connectivity index (χ0) is 15.3. The van der Waals surface area contributed by atoms with Crippen molar-refractivity contribution >= 4 is 10.9 Å². The van der Waals surface area contributed by atoms with E-state index in [0.29, 0.717) is 12.2 Å². The highest BCUT2D eigenvalue weighted by atomic mass is 19.1. The van der Waals surface area contributed by atoms with Crippen molar-refractivity contribution in [2.75, 3.05) is 14.2 Å². The standard InChI is InChI=1S/C18H14FNO2/c1-21-15-5-6-16(22-2)18-14(15)9-11-7-10-8-12(19)3-4-13(10)17(11)20-18/h3-6,8-9H,7H2,1-2H3. The minimum Gasteiger partial charge on any atom is -0.496 e. The molecule has 0 spiro atoms. The van der Waals surface area contributed by atoms with Gasteiger partial charge in [-0.1, -0.05) is 0 Å². The van der Waals surface area contributed by atoms with E-state index in [1.165, 1.54) is 6.07 Å². The zero-order valence-electron chi connectivity index (χ0n) is 12.3. The second-order valence-electron chi connectivity index (χ2n) is 5.34. The molecule has 0 bridgehead atoms. The molecule has 1 aromatic heterocycles. The van der Waals surface area contributed by atoms with Crippen molar-refractivity contribution in [3.8, 4) is 22.8 Å². The van der Waals surface area contributed by atoms with Crippen molar-refractivity contribution in [2.45, 2.75) is 6.42 Å². The van der Waals surface area contributed by atoms with Crippen LogP contribution in [0.3, 0.4) is 0 Å². The summed E-state index contributed by atoms with van der Waals surface area (Å²) < 4.78 is 24.3. The first kappa shape index (κ1) is 13.1. The third-order valence-corrected chi connectivity index (χ3v) is 4.13. The van der Waals surface area contributed by atoms with Gasteiger partial charge in [-0.2, -0.15) is 0 Å². The van der Waals surface area contributed by atoms with Crippen LogP contribution in [0.25, 0.3) is 22.2 Å². The van der Waals surface area contributed by atoms with Gasteiger partial charge in [-0.15, -0.1) is 0 Å². The third kappa shape index (κ3) is 1.77. The Kier molecular flexibility index (Phi) is 2.79. The van der Waals surface area contributed by atoms with Crippen molar-refractivity contribution in [3.63, 3.8) is 0 Å². The molecule has 0 radical (unpaired) electrons. The molecule has 4 heteroatoms. The number of benzene rings is 2. The van der Waals surface area contributed by atoms with Crippen molar-refractivity contribution in [1.82, 2.24) is 4.98 Å². The summed E-state index contributed by atoms with van der Waals surface area (Å²) in [7, 11) is 3.26. The third-order valence-electron chi connectivity index (χ3n) is 4.13. The maximum atomic E-state index is 13.4. The van der Waals surface area contributed by atoms with E-state index in [-0.39, 0.29) is 5.82 Å². The van der Waals surface area contributed by atoms with Crippen LogP contribution in [0.4, 0.5) is 4.39 Å². The molecule has 0 aliphatic heterocycles. The van der Waals surface area contributed by atoms with E-state index >= 15 is 0 Å². The van der Waals surface area contributed by atoms with Crippen LogP contribution in [0.5, 0.6) is 11.5 Å². The molecular formula is C18H14FNO2. The highest BCUT2D eigenvalue weighted by Gasteiger charge is 2.23. The summed E-state index contributed by atoms with van der Waals surface area (Å²) in [6, 6.07) is 10.6. The van der Waals surface area contributed by atoms with E-state index in [2.05, 4.69) is 6.07 Å². The van der Waals surface area contributed by atoms with Crippen molar-refractivity contribution in [2.24, 2.45) is 0 Å². The van der Waals surface area contributed by atoms with Gasteiger partial charge in [0.15, 0.2) is 0 Å². The number of ether oxygens (including phenoxy) is 2. The fraction of sp³-hybridized carbons (Fsp3) is 0.167. The van der Waals surface area contributed by atoms with E-state index in [1.807, 2.05) is 12.1 Å². The van der Waals surface area contributed by atoms with Gasteiger partial charge in [-0.05, 0) is 47.5 Å². The number of aromatic nitrogens is 1. The summed E-state index contributed by atoms with van der Waals surface area (Å²) in [5.74, 6) is 1.24. The van der Waals surface area contributed by atoms with Gasteiger partial charge in [0.05, 0.1) is 19.9 Å². The fourth-order valence-corrected chi connectivity index (χ4v) is 3.11. The lowest BCUT2D eigenvalue weighted by atomic mass is 10.1. The molecule has 3 aromatic rings. The van der Waals surface area contributed by atoms with Crippen LogP contribution in [0, 0.1) is 5.82 Å². The lowest BCUT2D eigenvalue weighted by molar-refractivity contribution is 0.410. The van der Waals surface area contributed by atoms with Crippen LogP contribution in [0.2, 0.25) is 0 Å². The highest BCUT2D eigenvalue weighted by Crippen LogP contribution is 2.41. The van der Waals surface area contributed by atoms with Crippen molar-refractivity contribution in [3.05, 3.63) is 53.3 Å². The predicted octanol–water partition coefficient (Wildman–Crippen LogP) is 3.96. The van der Waals surface area contributed by atoms with Gasteiger partial charge in [0, 0.05) is 17.4 Å². The quantitative estimate of drug-likeness (QED) is 0.561. The molecule has 0 saturated carbocycles. The molecule has 4 rings (SSSR count). The SMILES string of the molecule is COc1ccc(OC)c2nc3c(cc12)Cc1cc(F)ccc1-3. The largest absolute Gasteiger partial charge is 0.496 e. The normalized spacial score (nSPS) is 12.1. The first-order valence-corrected chi connectivity index (χ1v) is 7.04. The average Bonchev–Trinajstić information content (AvgIpc) is 2.88. The fourth-order valence-electron chi connectivity index (χ4n) is 3.11. The second kappa shape index (κ2) is 4.70. The molecule has 0 atom stereocenters. The van der Waals surface area contributed by atoms with Crippen LogP contribution in [0.1, 0.15) is 11.1 Å². The Morgan fingerprint density at radius 1 is 0.955 bits per heavy atom. The maximum Gasteiger partial charge on any atom is 0.145 e. The first-order valence-electron chi connectivity index (χ1n) is 7.04. The van der Waals surface area contributed by atoms with Gasteiger partial charge >= 0.3 is 0 Å². The molecule has 110 valence electrons. The number of nitrogens with zero attached hydrogens (tertiary/aromatic N) is 1. The number of rotatable bonds is 2. The Morgan fingerprint density at radius 3 is 2.50 bits per heavy atom. The first-order chi connectivity index (χ1) is 10.7. The number of hydrogen-bond donors (Lipinski definition) is 0. The Hall–Kier alpha value is -2.62. The van der Waals surface area contributed by atoms with E-state index in [4.69, 9.17) is 14.5 Å². The molecule has 1 aliphatic rings. The summed E-state index contributed by atoms with van der Waals surface area (Å²) in [6.45, 7) is 0. The van der Waals surface area contributed by atoms with Crippen molar-refractivity contribution < 1.29 is 13.9 Å². The number of pyridine rings is 1. The van der Waals surface area contributed by atoms with Crippen LogP contribution >= 0.6 is 0 Å². The summed E-state index contributed by atoms with van der Waals surface area (Å²) in [5.41, 5.74) is 4.70. The van der Waals surface area contributed by atoms with Crippen molar-refractivity contribution in [1.29, 1.82) is 0 Å². The van der Waals surface area contributed by atoms with Gasteiger partial charge in [0.2, 0.25) is 0 Å². The van der Waals surface area contributed by atoms with E-state index in [1.54, 1.807) is 26.4 Å². The zero-order valence-corrected chi connectivity index (χ0v) is 12.3. The van der Waals surface area contributed by atoms with Crippen LogP contribution in [0.15, 0.2) is 36.4 Å². The summed E-state index contributed by atoms with van der Waals surface area (Å²) in [4.78, 5) is 4.78. The molecule has 1 aliphatic carbocycles. The van der Waals surface area contributed by atoms with Gasteiger partial charge < -0.3 is 9.47 Å². The molecule has 2 aromatic carbocycles. The molecular weight excluding hydrogens is 281 g/mol. The summed E-state index contributed by atoms with van der Waals surface area (Å²) in [6.07, 6.45) is 0.686. The number of halogens is 1. The number of fused-ring (bicyclic) bond motifs is 4. The number of hydrogen-bond acceptors (Lipinski definition) is 3. The maximum absolute atomic E-state index is 13.4. The Bertz CT molecular complexity index is 905. The predicted molar refractivity (Wildman–Crippen MR) is 83.0 cm³/mol. The van der Waals surface area contributed by atoms with E-state index < -0.39 is 0 Å². The molecule has 1 heterocycles. The number of methoxy groups -OCH3 is 2. The average molecular weight is 295 g/mol. The molecule has 0 saturated heterocycles. The second-order valence-corrected chi connectivity index (χ2v) is 5.34. The van der Waals surface area contributed by atoms with Gasteiger partial charge in [0.1, 0.15) is 22.8 Å². The van der Waals surface area contributed by atoms with Crippen LogP contribution < -0.4 is 9.47 Å². The lowest BCUT2D eigenvalue weighted by Crippen LogP contribution is -1.94. The highest BCUT2D eigenvalue weighted by molar-refractivity contribution is 5.94. The Labute approximate surface area is 127 Å². The Balaban J connectivity index is 2.03. The Morgan fingerprint density at radius 2 is 1.73 bits per heavy atom. The monoisotopic (exact) mass is 295 g/mol. The van der Waals surface area contributed by atoms with Crippen LogP contribution in [-0.4, -0.2) is 19.2 Å². The molecule has 0 fully saturated rings. The molecule has 0 unspecified atom stereocenters. The molecule has 0 amide bonds. The minimum absolute atomic E-state index is 0.216. The van der Waals surface area contributed by atoms with Gasteiger partial charge in [0.25, 0.3) is 0 Å².